The number of amides is 1. The lowest BCUT2D eigenvalue weighted by molar-refractivity contribution is -0.115. The highest BCUT2D eigenvalue weighted by atomic mass is 32.2. The maximum Gasteiger partial charge on any atom is 0.240 e. The second kappa shape index (κ2) is 6.93. The van der Waals surface area contributed by atoms with E-state index in [9.17, 15) is 4.79 Å². The molecule has 5 nitrogen and oxygen atoms in total. The Kier molecular flexibility index (Phi) is 4.74. The Labute approximate surface area is 137 Å². The number of carbonyl (C=O) groups is 1. The Bertz CT molecular complexity index is 706. The van der Waals surface area contributed by atoms with Crippen LogP contribution < -0.4 is 5.32 Å². The Hall–Kier alpha value is -1.86. The summed E-state index contributed by atoms with van der Waals surface area (Å²) in [4.78, 5) is 24.7. The third kappa shape index (κ3) is 3.66. The molecule has 0 radical (unpaired) electrons. The zero-order valence-electron chi connectivity index (χ0n) is 11.9. The van der Waals surface area contributed by atoms with Gasteiger partial charge in [-0.15, -0.1) is 0 Å². The maximum atomic E-state index is 12.2. The fourth-order valence-electron chi connectivity index (χ4n) is 1.85. The summed E-state index contributed by atoms with van der Waals surface area (Å²) in [6.07, 6.45) is 3.19. The first-order valence-corrected chi connectivity index (χ1v) is 8.63. The zero-order valence-corrected chi connectivity index (χ0v) is 13.5. The third-order valence-electron chi connectivity index (χ3n) is 3.00. The van der Waals surface area contributed by atoms with Crippen LogP contribution in [-0.2, 0) is 10.5 Å². The summed E-state index contributed by atoms with van der Waals surface area (Å²) in [6, 6.07) is 9.78. The minimum Gasteiger partial charge on any atom is -0.294 e. The minimum atomic E-state index is -0.264. The monoisotopic (exact) mass is 330 g/mol. The third-order valence-corrected chi connectivity index (χ3v) is 5.30. The molecule has 1 amide bonds. The molecule has 112 valence electrons. The summed E-state index contributed by atoms with van der Waals surface area (Å²) in [5.74, 6) is 1.08. The van der Waals surface area contributed by atoms with E-state index in [4.69, 9.17) is 0 Å². The van der Waals surface area contributed by atoms with Gasteiger partial charge in [0.2, 0.25) is 11.9 Å². The smallest absolute Gasteiger partial charge is 0.240 e. The molecule has 0 saturated carbocycles. The van der Waals surface area contributed by atoms with Crippen LogP contribution in [0.4, 0.5) is 11.6 Å². The van der Waals surface area contributed by atoms with Gasteiger partial charge in [0.15, 0.2) is 0 Å². The number of para-hydroxylation sites is 1. The minimum absolute atomic E-state index is 0.127. The molecule has 0 aliphatic carbocycles. The van der Waals surface area contributed by atoms with Crippen LogP contribution >= 0.6 is 23.5 Å². The van der Waals surface area contributed by atoms with Gasteiger partial charge in [-0.25, -0.2) is 15.0 Å². The summed E-state index contributed by atoms with van der Waals surface area (Å²) in [5.41, 5.74) is 2.22. The molecule has 0 spiro atoms. The number of thioether (sulfide) groups is 2. The van der Waals surface area contributed by atoms with Gasteiger partial charge in [-0.3, -0.25) is 10.1 Å². The summed E-state index contributed by atoms with van der Waals surface area (Å²) in [7, 11) is 0. The summed E-state index contributed by atoms with van der Waals surface area (Å²) < 4.78 is 0.912. The van der Waals surface area contributed by atoms with Crippen molar-refractivity contribution in [3.05, 3.63) is 48.3 Å². The Morgan fingerprint density at radius 3 is 2.86 bits per heavy atom. The summed E-state index contributed by atoms with van der Waals surface area (Å²) in [5, 5.41) is 2.44. The predicted molar refractivity (Wildman–Crippen MR) is 92.5 cm³/mol. The molecule has 2 heterocycles. The first-order valence-electron chi connectivity index (χ1n) is 6.76. The van der Waals surface area contributed by atoms with Gasteiger partial charge in [0, 0.05) is 18.1 Å². The fraction of sp³-hybridized carbons (Fsp3) is 0.200. The number of fused-ring (bicyclic) bond motifs is 1. The molecule has 2 aromatic rings. The van der Waals surface area contributed by atoms with Gasteiger partial charge in [-0.2, -0.15) is 0 Å². The number of aromatic nitrogens is 2. The van der Waals surface area contributed by atoms with Crippen LogP contribution in [0.25, 0.3) is 0 Å². The van der Waals surface area contributed by atoms with Crippen molar-refractivity contribution < 1.29 is 4.79 Å². The number of nitrogens with one attached hydrogen (secondary N) is 1. The van der Waals surface area contributed by atoms with E-state index in [1.807, 2.05) is 25.1 Å². The fourth-order valence-corrected chi connectivity index (χ4v) is 4.04. The molecule has 0 bridgehead atoms. The molecule has 1 aromatic heterocycles. The van der Waals surface area contributed by atoms with Gasteiger partial charge in [-0.05, 0) is 24.6 Å². The molecule has 7 heteroatoms. The van der Waals surface area contributed by atoms with Gasteiger partial charge in [0.1, 0.15) is 4.38 Å². The molecular formula is C15H14N4OS2. The van der Waals surface area contributed by atoms with Gasteiger partial charge in [-0.1, -0.05) is 41.7 Å². The molecule has 1 aliphatic rings. The number of benzene rings is 1. The van der Waals surface area contributed by atoms with Crippen molar-refractivity contribution in [3.8, 4) is 0 Å². The van der Waals surface area contributed by atoms with Crippen molar-refractivity contribution in [2.45, 2.75) is 17.9 Å². The number of nitrogens with zero attached hydrogens (tertiary/aromatic N) is 3. The molecule has 22 heavy (non-hydrogen) atoms. The molecule has 1 atom stereocenters. The van der Waals surface area contributed by atoms with Crippen molar-refractivity contribution in [1.82, 2.24) is 9.97 Å². The van der Waals surface area contributed by atoms with Crippen LogP contribution in [0.15, 0.2) is 47.7 Å². The number of anilines is 1. The van der Waals surface area contributed by atoms with E-state index in [1.54, 1.807) is 30.2 Å². The van der Waals surface area contributed by atoms with Crippen molar-refractivity contribution in [1.29, 1.82) is 0 Å². The Morgan fingerprint density at radius 1 is 1.27 bits per heavy atom. The molecule has 1 unspecified atom stereocenters. The molecule has 1 N–H and O–H groups in total. The molecule has 1 aliphatic heterocycles. The van der Waals surface area contributed by atoms with Crippen molar-refractivity contribution in [3.63, 3.8) is 0 Å². The van der Waals surface area contributed by atoms with Crippen LogP contribution in [0.5, 0.6) is 0 Å². The second-order valence-corrected chi connectivity index (χ2v) is 7.17. The standard InChI is InChI=1S/C15H14N4OS2/c1-10(13(20)19-14-16-7-4-8-17-14)22-15-18-12-6-3-2-5-11(12)9-21-15/h2-8,10H,9H2,1H3,(H,16,17,19,20). The van der Waals surface area contributed by atoms with Crippen LogP contribution in [0.1, 0.15) is 12.5 Å². The van der Waals surface area contributed by atoms with E-state index in [0.29, 0.717) is 5.95 Å². The highest BCUT2D eigenvalue weighted by molar-refractivity contribution is 8.39. The van der Waals surface area contributed by atoms with Gasteiger partial charge < -0.3 is 0 Å². The first-order chi connectivity index (χ1) is 10.7. The largest absolute Gasteiger partial charge is 0.294 e. The predicted octanol–water partition coefficient (Wildman–Crippen LogP) is 3.47. The summed E-state index contributed by atoms with van der Waals surface area (Å²) in [6.45, 7) is 1.85. The lowest BCUT2D eigenvalue weighted by Gasteiger charge is -2.16. The Balaban J connectivity index is 1.64. The van der Waals surface area contributed by atoms with Gasteiger partial charge >= 0.3 is 0 Å². The lowest BCUT2D eigenvalue weighted by atomic mass is 10.2. The molecular weight excluding hydrogens is 316 g/mol. The van der Waals surface area contributed by atoms with Gasteiger partial charge in [0.05, 0.1) is 10.9 Å². The molecule has 0 saturated heterocycles. The average molecular weight is 330 g/mol. The number of carbonyl (C=O) groups excluding carboxylic acids is 1. The van der Waals surface area contributed by atoms with Crippen molar-refractivity contribution in [2.24, 2.45) is 4.99 Å². The SMILES string of the molecule is CC(SC1=Nc2ccccc2CS1)C(=O)Nc1ncccn1. The molecule has 3 rings (SSSR count). The highest BCUT2D eigenvalue weighted by Crippen LogP contribution is 2.35. The van der Waals surface area contributed by atoms with Crippen LogP contribution in [0.3, 0.4) is 0 Å². The quantitative estimate of drug-likeness (QED) is 0.933. The Morgan fingerprint density at radius 2 is 2.05 bits per heavy atom. The summed E-state index contributed by atoms with van der Waals surface area (Å²) >= 11 is 3.12. The average Bonchev–Trinajstić information content (AvgIpc) is 2.55. The van der Waals surface area contributed by atoms with Crippen LogP contribution in [-0.4, -0.2) is 25.5 Å². The maximum absolute atomic E-state index is 12.2. The topological polar surface area (TPSA) is 67.2 Å². The van der Waals surface area contributed by atoms with E-state index in [2.05, 4.69) is 26.3 Å². The van der Waals surface area contributed by atoms with Gasteiger partial charge in [0.25, 0.3) is 0 Å². The molecule has 0 fully saturated rings. The number of hydrogen-bond acceptors (Lipinski definition) is 6. The molecule has 1 aromatic carbocycles. The van der Waals surface area contributed by atoms with Crippen molar-refractivity contribution in [2.75, 3.05) is 5.32 Å². The number of rotatable bonds is 3. The normalized spacial score (nSPS) is 14.7. The van der Waals surface area contributed by atoms with Crippen LogP contribution in [0, 0.1) is 0 Å². The van der Waals surface area contributed by atoms with E-state index in [-0.39, 0.29) is 11.2 Å². The van der Waals surface area contributed by atoms with E-state index in [0.717, 1.165) is 15.8 Å². The van der Waals surface area contributed by atoms with Crippen molar-refractivity contribution >= 4 is 45.4 Å². The van der Waals surface area contributed by atoms with Crippen LogP contribution in [0.2, 0.25) is 0 Å². The zero-order chi connectivity index (χ0) is 15.4. The van der Waals surface area contributed by atoms with E-state index in [1.165, 1.54) is 17.3 Å². The lowest BCUT2D eigenvalue weighted by Crippen LogP contribution is -2.24. The number of aliphatic imine (C=N–C) groups is 1. The number of hydrogen-bond donors (Lipinski definition) is 1. The van der Waals surface area contributed by atoms with E-state index >= 15 is 0 Å². The second-order valence-electron chi connectivity index (χ2n) is 4.62. The highest BCUT2D eigenvalue weighted by Gasteiger charge is 2.20. The first kappa shape index (κ1) is 15.1. The van der Waals surface area contributed by atoms with E-state index < -0.39 is 0 Å².